The SMILES string of the molecule is COCC(=O)NC[C@H]1CC(=O)N(Cc2ccc(F)cc2)C1. The topological polar surface area (TPSA) is 58.6 Å². The first kappa shape index (κ1) is 15.4. The summed E-state index contributed by atoms with van der Waals surface area (Å²) in [5.41, 5.74) is 0.897. The lowest BCUT2D eigenvalue weighted by Crippen LogP contribution is -2.33. The van der Waals surface area contributed by atoms with Gasteiger partial charge in [0.2, 0.25) is 11.8 Å². The molecule has 0 radical (unpaired) electrons. The fourth-order valence-electron chi connectivity index (χ4n) is 2.39. The Hall–Kier alpha value is -1.95. The maximum Gasteiger partial charge on any atom is 0.245 e. The van der Waals surface area contributed by atoms with Gasteiger partial charge >= 0.3 is 0 Å². The highest BCUT2D eigenvalue weighted by Crippen LogP contribution is 2.19. The molecule has 114 valence electrons. The quantitative estimate of drug-likeness (QED) is 0.849. The summed E-state index contributed by atoms with van der Waals surface area (Å²) in [5.74, 6) is -0.295. The monoisotopic (exact) mass is 294 g/mol. The first-order valence-electron chi connectivity index (χ1n) is 6.86. The van der Waals surface area contributed by atoms with Crippen molar-refractivity contribution in [2.24, 2.45) is 5.92 Å². The molecule has 0 saturated carbocycles. The molecule has 1 heterocycles. The molecule has 0 spiro atoms. The largest absolute Gasteiger partial charge is 0.375 e. The first-order chi connectivity index (χ1) is 10.1. The standard InChI is InChI=1S/C15H19FN2O3/c1-21-10-14(19)17-7-12-6-15(20)18(9-12)8-11-2-4-13(16)5-3-11/h2-5,12H,6-10H2,1H3,(H,17,19)/t12-/m1/s1. The third-order valence-corrected chi connectivity index (χ3v) is 3.44. The van der Waals surface area contributed by atoms with Gasteiger partial charge < -0.3 is 15.0 Å². The minimum atomic E-state index is -0.287. The molecular formula is C15H19FN2O3. The summed E-state index contributed by atoms with van der Waals surface area (Å²) in [6.45, 7) is 1.57. The number of carbonyl (C=O) groups is 2. The second kappa shape index (κ2) is 7.17. The number of ether oxygens (including phenoxy) is 1. The van der Waals surface area contributed by atoms with E-state index < -0.39 is 0 Å². The lowest BCUT2D eigenvalue weighted by atomic mass is 10.1. The van der Waals surface area contributed by atoms with Gasteiger partial charge in [0, 0.05) is 39.1 Å². The van der Waals surface area contributed by atoms with Gasteiger partial charge in [-0.2, -0.15) is 0 Å². The van der Waals surface area contributed by atoms with Gasteiger partial charge in [0.15, 0.2) is 0 Å². The number of nitrogens with one attached hydrogen (secondary N) is 1. The molecule has 6 heteroatoms. The van der Waals surface area contributed by atoms with Crippen molar-refractivity contribution in [3.05, 3.63) is 35.6 Å². The van der Waals surface area contributed by atoms with E-state index in [-0.39, 0.29) is 30.2 Å². The van der Waals surface area contributed by atoms with E-state index in [9.17, 15) is 14.0 Å². The Bertz CT molecular complexity index is 504. The van der Waals surface area contributed by atoms with E-state index in [0.717, 1.165) is 5.56 Å². The van der Waals surface area contributed by atoms with Crippen LogP contribution < -0.4 is 5.32 Å². The molecule has 0 unspecified atom stereocenters. The van der Waals surface area contributed by atoms with Crippen LogP contribution in [0.5, 0.6) is 0 Å². The highest BCUT2D eigenvalue weighted by molar-refractivity contribution is 5.79. The van der Waals surface area contributed by atoms with E-state index in [0.29, 0.717) is 26.1 Å². The minimum absolute atomic E-state index is 0.0277. The number of benzene rings is 1. The Morgan fingerprint density at radius 3 is 2.81 bits per heavy atom. The Balaban J connectivity index is 1.82. The van der Waals surface area contributed by atoms with Gasteiger partial charge in [-0.1, -0.05) is 12.1 Å². The summed E-state index contributed by atoms with van der Waals surface area (Å²) in [7, 11) is 1.46. The van der Waals surface area contributed by atoms with Crippen molar-refractivity contribution < 1.29 is 18.7 Å². The van der Waals surface area contributed by atoms with Crippen molar-refractivity contribution in [3.63, 3.8) is 0 Å². The summed E-state index contributed by atoms with van der Waals surface area (Å²) in [4.78, 5) is 25.0. The molecule has 0 aliphatic carbocycles. The smallest absolute Gasteiger partial charge is 0.245 e. The zero-order valence-corrected chi connectivity index (χ0v) is 12.0. The fourth-order valence-corrected chi connectivity index (χ4v) is 2.39. The first-order valence-corrected chi connectivity index (χ1v) is 6.86. The predicted octanol–water partition coefficient (Wildman–Crippen LogP) is 0.937. The van der Waals surface area contributed by atoms with E-state index in [2.05, 4.69) is 5.32 Å². The molecule has 1 aliphatic rings. The molecule has 1 aromatic rings. The van der Waals surface area contributed by atoms with Crippen LogP contribution in [0.2, 0.25) is 0 Å². The second-order valence-electron chi connectivity index (χ2n) is 5.21. The summed E-state index contributed by atoms with van der Waals surface area (Å²) < 4.78 is 17.6. The molecule has 2 amide bonds. The Morgan fingerprint density at radius 2 is 2.14 bits per heavy atom. The number of methoxy groups -OCH3 is 1. The lowest BCUT2D eigenvalue weighted by Gasteiger charge is -2.17. The molecule has 1 N–H and O–H groups in total. The summed E-state index contributed by atoms with van der Waals surface area (Å²) in [5, 5.41) is 2.75. The molecule has 0 bridgehead atoms. The molecule has 0 aromatic heterocycles. The molecule has 21 heavy (non-hydrogen) atoms. The van der Waals surface area contributed by atoms with Crippen molar-refractivity contribution >= 4 is 11.8 Å². The van der Waals surface area contributed by atoms with Crippen molar-refractivity contribution in [2.75, 3.05) is 26.8 Å². The Kier molecular flexibility index (Phi) is 5.27. The number of nitrogens with zero attached hydrogens (tertiary/aromatic N) is 1. The van der Waals surface area contributed by atoms with Crippen LogP contribution in [0, 0.1) is 11.7 Å². The zero-order valence-electron chi connectivity index (χ0n) is 12.0. The zero-order chi connectivity index (χ0) is 15.2. The van der Waals surface area contributed by atoms with Gasteiger partial charge in [-0.25, -0.2) is 4.39 Å². The van der Waals surface area contributed by atoms with Gasteiger partial charge in [-0.05, 0) is 17.7 Å². The third-order valence-electron chi connectivity index (χ3n) is 3.44. The van der Waals surface area contributed by atoms with Crippen molar-refractivity contribution in [1.29, 1.82) is 0 Å². The lowest BCUT2D eigenvalue weighted by molar-refractivity contribution is -0.128. The number of rotatable bonds is 6. The van der Waals surface area contributed by atoms with Gasteiger partial charge in [0.05, 0.1) is 0 Å². The normalized spacial score (nSPS) is 18.1. The van der Waals surface area contributed by atoms with Gasteiger partial charge in [-0.15, -0.1) is 0 Å². The second-order valence-corrected chi connectivity index (χ2v) is 5.21. The van der Waals surface area contributed by atoms with Crippen molar-refractivity contribution in [1.82, 2.24) is 10.2 Å². The highest BCUT2D eigenvalue weighted by Gasteiger charge is 2.29. The number of hydrogen-bond donors (Lipinski definition) is 1. The third kappa shape index (κ3) is 4.53. The van der Waals surface area contributed by atoms with E-state index in [1.165, 1.54) is 19.2 Å². The van der Waals surface area contributed by atoms with Crippen LogP contribution in [0.4, 0.5) is 4.39 Å². The van der Waals surface area contributed by atoms with Crippen LogP contribution in [0.25, 0.3) is 0 Å². The number of halogens is 1. The average molecular weight is 294 g/mol. The average Bonchev–Trinajstić information content (AvgIpc) is 2.80. The van der Waals surface area contributed by atoms with Crippen LogP contribution in [0.1, 0.15) is 12.0 Å². The summed E-state index contributed by atoms with van der Waals surface area (Å²) in [6.07, 6.45) is 0.425. The molecule has 1 fully saturated rings. The minimum Gasteiger partial charge on any atom is -0.375 e. The van der Waals surface area contributed by atoms with Crippen molar-refractivity contribution in [3.8, 4) is 0 Å². The summed E-state index contributed by atoms with van der Waals surface area (Å²) in [6, 6.07) is 6.13. The summed E-state index contributed by atoms with van der Waals surface area (Å²) >= 11 is 0. The molecule has 1 aliphatic heterocycles. The maximum atomic E-state index is 12.8. The number of carbonyl (C=O) groups excluding carboxylic acids is 2. The number of likely N-dealkylation sites (tertiary alicyclic amines) is 1. The van der Waals surface area contributed by atoms with E-state index >= 15 is 0 Å². The van der Waals surface area contributed by atoms with Crippen LogP contribution in [0.3, 0.4) is 0 Å². The molecule has 1 aromatic carbocycles. The van der Waals surface area contributed by atoms with Gasteiger partial charge in [0.25, 0.3) is 0 Å². The Labute approximate surface area is 123 Å². The van der Waals surface area contributed by atoms with E-state index in [1.807, 2.05) is 0 Å². The van der Waals surface area contributed by atoms with Crippen LogP contribution in [-0.4, -0.2) is 43.5 Å². The predicted molar refractivity (Wildman–Crippen MR) is 74.8 cm³/mol. The molecule has 1 saturated heterocycles. The fraction of sp³-hybridized carbons (Fsp3) is 0.467. The molecule has 2 rings (SSSR count). The number of amides is 2. The molecular weight excluding hydrogens is 275 g/mol. The highest BCUT2D eigenvalue weighted by atomic mass is 19.1. The van der Waals surface area contributed by atoms with Gasteiger partial charge in [0.1, 0.15) is 12.4 Å². The van der Waals surface area contributed by atoms with Crippen LogP contribution in [0.15, 0.2) is 24.3 Å². The molecule has 5 nitrogen and oxygen atoms in total. The van der Waals surface area contributed by atoms with Crippen LogP contribution >= 0.6 is 0 Å². The van der Waals surface area contributed by atoms with E-state index in [4.69, 9.17) is 4.74 Å². The number of hydrogen-bond acceptors (Lipinski definition) is 3. The van der Waals surface area contributed by atoms with Crippen molar-refractivity contribution in [2.45, 2.75) is 13.0 Å². The van der Waals surface area contributed by atoms with Crippen LogP contribution in [-0.2, 0) is 20.9 Å². The maximum absolute atomic E-state index is 12.8. The molecule has 1 atom stereocenters. The Morgan fingerprint density at radius 1 is 1.43 bits per heavy atom. The van der Waals surface area contributed by atoms with E-state index in [1.54, 1.807) is 17.0 Å². The van der Waals surface area contributed by atoms with Gasteiger partial charge in [-0.3, -0.25) is 9.59 Å².